The lowest BCUT2D eigenvalue weighted by molar-refractivity contribution is -0.118. The number of anilines is 1. The van der Waals surface area contributed by atoms with Crippen LogP contribution in [0.4, 0.5) is 10.1 Å². The van der Waals surface area contributed by atoms with E-state index in [0.717, 1.165) is 6.07 Å². The first-order valence-corrected chi connectivity index (χ1v) is 10.4. The molecule has 9 heteroatoms. The van der Waals surface area contributed by atoms with Crippen molar-refractivity contribution in [1.29, 1.82) is 0 Å². The third kappa shape index (κ3) is 4.82. The topological polar surface area (TPSA) is 87.0 Å². The zero-order valence-corrected chi connectivity index (χ0v) is 18.9. The Balaban J connectivity index is 1.51. The van der Waals surface area contributed by atoms with E-state index in [1.54, 1.807) is 30.3 Å². The Bertz CT molecular complexity index is 1440. The highest BCUT2D eigenvalue weighted by Crippen LogP contribution is 2.32. The van der Waals surface area contributed by atoms with Gasteiger partial charge >= 0.3 is 0 Å². The molecule has 1 heterocycles. The number of ether oxygens (including phenoxy) is 3. The molecule has 0 aliphatic rings. The van der Waals surface area contributed by atoms with Gasteiger partial charge in [0.15, 0.2) is 23.5 Å². The van der Waals surface area contributed by atoms with Crippen LogP contribution in [0.1, 0.15) is 0 Å². The number of carbonyl (C=O) groups is 1. The van der Waals surface area contributed by atoms with Gasteiger partial charge in [0.05, 0.1) is 30.2 Å². The largest absolute Gasteiger partial charge is 0.493 e. The molecule has 7 nitrogen and oxygen atoms in total. The zero-order chi connectivity index (χ0) is 24.2. The van der Waals surface area contributed by atoms with Crippen molar-refractivity contribution < 1.29 is 27.8 Å². The lowest BCUT2D eigenvalue weighted by atomic mass is 10.0. The standard InChI is InChI=1S/C25H19ClFNO6/c1-31-21-8-3-14(9-23(21)32-2)18-12-34-22-11-16(5-6-17(22)25(18)30)33-13-24(29)28-15-4-7-20(27)19(26)10-15/h3-12H,13H2,1-2H3,(H,28,29). The maximum absolute atomic E-state index is 13.2. The van der Waals surface area contributed by atoms with Gasteiger partial charge < -0.3 is 23.9 Å². The molecule has 0 unspecified atom stereocenters. The van der Waals surface area contributed by atoms with Crippen molar-refractivity contribution in [2.24, 2.45) is 0 Å². The van der Waals surface area contributed by atoms with Crippen molar-refractivity contribution in [3.8, 4) is 28.4 Å². The summed E-state index contributed by atoms with van der Waals surface area (Å²) in [7, 11) is 3.05. The van der Waals surface area contributed by atoms with Crippen LogP contribution in [0.5, 0.6) is 17.2 Å². The maximum Gasteiger partial charge on any atom is 0.262 e. The van der Waals surface area contributed by atoms with Crippen LogP contribution in [0.15, 0.2) is 70.1 Å². The number of fused-ring (bicyclic) bond motifs is 1. The summed E-state index contributed by atoms with van der Waals surface area (Å²) in [5, 5.41) is 2.81. The summed E-state index contributed by atoms with van der Waals surface area (Å²) in [6.07, 6.45) is 1.36. The molecule has 0 aliphatic heterocycles. The fourth-order valence-corrected chi connectivity index (χ4v) is 3.50. The van der Waals surface area contributed by atoms with Gasteiger partial charge in [0.2, 0.25) is 0 Å². The minimum atomic E-state index is -0.581. The van der Waals surface area contributed by atoms with E-state index >= 15 is 0 Å². The predicted octanol–water partition coefficient (Wildman–Crippen LogP) is 5.29. The molecule has 0 atom stereocenters. The molecule has 4 rings (SSSR count). The Morgan fingerprint density at radius 1 is 1.03 bits per heavy atom. The van der Waals surface area contributed by atoms with Crippen LogP contribution in [-0.2, 0) is 4.79 Å². The van der Waals surface area contributed by atoms with E-state index in [1.807, 2.05) is 0 Å². The maximum atomic E-state index is 13.2. The molecule has 4 aromatic rings. The summed E-state index contributed by atoms with van der Waals surface area (Å²) in [6, 6.07) is 13.6. The Hall–Kier alpha value is -4.04. The number of carbonyl (C=O) groups excluding carboxylic acids is 1. The van der Waals surface area contributed by atoms with Crippen molar-refractivity contribution in [3.63, 3.8) is 0 Å². The lowest BCUT2D eigenvalue weighted by Crippen LogP contribution is -2.20. The Morgan fingerprint density at radius 2 is 1.82 bits per heavy atom. The van der Waals surface area contributed by atoms with Gasteiger partial charge in [0, 0.05) is 11.8 Å². The summed E-state index contributed by atoms with van der Waals surface area (Å²) in [6.45, 7) is -0.311. The van der Waals surface area contributed by atoms with Crippen LogP contribution in [0.2, 0.25) is 5.02 Å². The Kier molecular flexibility index (Phi) is 6.70. The summed E-state index contributed by atoms with van der Waals surface area (Å²) >= 11 is 5.71. The van der Waals surface area contributed by atoms with Crippen LogP contribution in [-0.4, -0.2) is 26.7 Å². The third-order valence-electron chi connectivity index (χ3n) is 5.01. The summed E-state index contributed by atoms with van der Waals surface area (Å²) in [4.78, 5) is 25.2. The van der Waals surface area contributed by atoms with Crippen molar-refractivity contribution in [3.05, 3.63) is 81.9 Å². The number of rotatable bonds is 7. The predicted molar refractivity (Wildman–Crippen MR) is 127 cm³/mol. The SMILES string of the molecule is COc1ccc(-c2coc3cc(OCC(=O)Nc4ccc(F)c(Cl)c4)ccc3c2=O)cc1OC. The van der Waals surface area contributed by atoms with E-state index in [-0.39, 0.29) is 17.1 Å². The fraction of sp³-hybridized carbons (Fsp3) is 0.120. The van der Waals surface area contributed by atoms with Gasteiger partial charge in [-0.15, -0.1) is 0 Å². The molecule has 3 aromatic carbocycles. The Morgan fingerprint density at radius 3 is 2.56 bits per heavy atom. The van der Waals surface area contributed by atoms with Crippen molar-refractivity contribution >= 4 is 34.2 Å². The smallest absolute Gasteiger partial charge is 0.262 e. The molecule has 1 amide bonds. The highest BCUT2D eigenvalue weighted by atomic mass is 35.5. The minimum Gasteiger partial charge on any atom is -0.493 e. The molecule has 0 bridgehead atoms. The first-order chi connectivity index (χ1) is 16.4. The molecule has 34 heavy (non-hydrogen) atoms. The molecule has 174 valence electrons. The van der Waals surface area contributed by atoms with Gasteiger partial charge in [-0.3, -0.25) is 9.59 Å². The van der Waals surface area contributed by atoms with Crippen molar-refractivity contribution in [1.82, 2.24) is 0 Å². The average molecular weight is 484 g/mol. The second-order valence-electron chi connectivity index (χ2n) is 7.17. The molecular weight excluding hydrogens is 465 g/mol. The summed E-state index contributed by atoms with van der Waals surface area (Å²) in [5.41, 5.74) is 1.39. The first kappa shape index (κ1) is 23.1. The van der Waals surface area contributed by atoms with E-state index in [9.17, 15) is 14.0 Å². The van der Waals surface area contributed by atoms with E-state index in [0.29, 0.717) is 45.0 Å². The highest BCUT2D eigenvalue weighted by molar-refractivity contribution is 6.31. The molecule has 0 radical (unpaired) electrons. The number of methoxy groups -OCH3 is 2. The summed E-state index contributed by atoms with van der Waals surface area (Å²) < 4.78 is 35.0. The highest BCUT2D eigenvalue weighted by Gasteiger charge is 2.13. The third-order valence-corrected chi connectivity index (χ3v) is 5.30. The molecule has 1 N–H and O–H groups in total. The summed E-state index contributed by atoms with van der Waals surface area (Å²) in [5.74, 6) is 0.326. The van der Waals surface area contributed by atoms with Crippen molar-refractivity contribution in [2.75, 3.05) is 26.1 Å². The van der Waals surface area contributed by atoms with Gasteiger partial charge in [0.25, 0.3) is 5.91 Å². The van der Waals surface area contributed by atoms with Crippen LogP contribution in [0.25, 0.3) is 22.1 Å². The van der Waals surface area contributed by atoms with Gasteiger partial charge in [-0.1, -0.05) is 17.7 Å². The molecule has 0 aliphatic carbocycles. The van der Waals surface area contributed by atoms with E-state index in [4.69, 9.17) is 30.2 Å². The minimum absolute atomic E-state index is 0.101. The van der Waals surface area contributed by atoms with E-state index < -0.39 is 11.7 Å². The fourth-order valence-electron chi connectivity index (χ4n) is 3.32. The lowest BCUT2D eigenvalue weighted by Gasteiger charge is -2.10. The van der Waals surface area contributed by atoms with Crippen LogP contribution >= 0.6 is 11.6 Å². The molecule has 1 aromatic heterocycles. The quantitative estimate of drug-likeness (QED) is 0.384. The van der Waals surface area contributed by atoms with Crippen LogP contribution in [0, 0.1) is 5.82 Å². The number of halogens is 2. The number of hydrogen-bond acceptors (Lipinski definition) is 6. The number of hydrogen-bond donors (Lipinski definition) is 1. The number of benzene rings is 3. The van der Waals surface area contributed by atoms with E-state index in [1.165, 1.54) is 38.7 Å². The second-order valence-corrected chi connectivity index (χ2v) is 7.58. The number of amides is 1. The van der Waals surface area contributed by atoms with Gasteiger partial charge in [-0.05, 0) is 48.0 Å². The first-order valence-electron chi connectivity index (χ1n) is 10.0. The monoisotopic (exact) mass is 483 g/mol. The second kappa shape index (κ2) is 9.84. The molecule has 0 fully saturated rings. The molecule has 0 saturated carbocycles. The Labute approximate surface area is 198 Å². The molecule has 0 saturated heterocycles. The van der Waals surface area contributed by atoms with Gasteiger partial charge in [-0.25, -0.2) is 4.39 Å². The molecular formula is C25H19ClFNO6. The van der Waals surface area contributed by atoms with Crippen LogP contribution < -0.4 is 25.0 Å². The number of nitrogens with one attached hydrogen (secondary N) is 1. The van der Waals surface area contributed by atoms with Crippen LogP contribution in [0.3, 0.4) is 0 Å². The van der Waals surface area contributed by atoms with Gasteiger partial charge in [-0.2, -0.15) is 0 Å². The average Bonchev–Trinajstić information content (AvgIpc) is 2.84. The van der Waals surface area contributed by atoms with E-state index in [2.05, 4.69) is 5.32 Å². The molecule has 0 spiro atoms. The van der Waals surface area contributed by atoms with Crippen molar-refractivity contribution in [2.45, 2.75) is 0 Å². The zero-order valence-electron chi connectivity index (χ0n) is 18.2. The normalized spacial score (nSPS) is 10.7. The van der Waals surface area contributed by atoms with Gasteiger partial charge in [0.1, 0.15) is 23.4 Å².